The van der Waals surface area contributed by atoms with Gasteiger partial charge in [0.1, 0.15) is 17.1 Å². The Labute approximate surface area is 137 Å². The smallest absolute Gasteiger partial charge is 0.342 e. The first kappa shape index (κ1) is 15.6. The third-order valence-corrected chi connectivity index (χ3v) is 3.64. The van der Waals surface area contributed by atoms with Crippen LogP contribution >= 0.6 is 0 Å². The Bertz CT molecular complexity index is 916. The molecule has 3 aromatic rings. The second-order valence-corrected chi connectivity index (χ2v) is 5.20. The van der Waals surface area contributed by atoms with Crippen molar-refractivity contribution in [3.8, 4) is 11.5 Å². The normalized spacial score (nSPS) is 10.5. The van der Waals surface area contributed by atoms with Crippen LogP contribution in [0.2, 0.25) is 0 Å². The number of fused-ring (bicyclic) bond motifs is 1. The molecule has 3 rings (SSSR count). The highest BCUT2D eigenvalue weighted by atomic mass is 16.5. The van der Waals surface area contributed by atoms with Crippen LogP contribution in [0.4, 0.5) is 0 Å². The Morgan fingerprint density at radius 2 is 1.50 bits per heavy atom. The van der Waals surface area contributed by atoms with Gasteiger partial charge in [0.25, 0.3) is 0 Å². The van der Waals surface area contributed by atoms with Crippen molar-refractivity contribution in [1.82, 2.24) is 0 Å². The van der Waals surface area contributed by atoms with Crippen molar-refractivity contribution in [2.75, 3.05) is 6.61 Å². The number of ketones is 1. The molecular formula is C19H14O5. The van der Waals surface area contributed by atoms with Crippen LogP contribution in [-0.2, 0) is 4.74 Å². The zero-order valence-electron chi connectivity index (χ0n) is 12.6. The molecule has 0 fully saturated rings. The number of phenols is 2. The highest BCUT2D eigenvalue weighted by molar-refractivity contribution is 6.05. The number of hydrogen-bond donors (Lipinski definition) is 2. The van der Waals surface area contributed by atoms with Crippen molar-refractivity contribution in [3.05, 3.63) is 71.8 Å². The van der Waals surface area contributed by atoms with Crippen LogP contribution in [0.15, 0.2) is 60.7 Å². The molecule has 0 radical (unpaired) electrons. The second kappa shape index (κ2) is 6.42. The Morgan fingerprint density at radius 1 is 0.875 bits per heavy atom. The molecule has 0 aliphatic carbocycles. The van der Waals surface area contributed by atoms with Gasteiger partial charge in [-0.05, 0) is 6.07 Å². The number of phenolic OH excluding ortho intramolecular Hbond substituents is 2. The van der Waals surface area contributed by atoms with E-state index in [-0.39, 0.29) is 22.8 Å². The number of ether oxygens (including phenoxy) is 1. The molecule has 0 atom stereocenters. The van der Waals surface area contributed by atoms with Crippen molar-refractivity contribution < 1.29 is 24.5 Å². The third-order valence-electron chi connectivity index (χ3n) is 3.64. The first-order valence-corrected chi connectivity index (χ1v) is 7.27. The summed E-state index contributed by atoms with van der Waals surface area (Å²) in [6.45, 7) is -0.449. The summed E-state index contributed by atoms with van der Waals surface area (Å²) in [5, 5.41) is 21.0. The topological polar surface area (TPSA) is 83.8 Å². The molecule has 2 N–H and O–H groups in total. The number of rotatable bonds is 4. The van der Waals surface area contributed by atoms with Crippen LogP contribution in [0.5, 0.6) is 11.5 Å². The monoisotopic (exact) mass is 322 g/mol. The average Bonchev–Trinajstić information content (AvgIpc) is 2.63. The van der Waals surface area contributed by atoms with Crippen LogP contribution in [0.3, 0.4) is 0 Å². The van der Waals surface area contributed by atoms with E-state index in [0.29, 0.717) is 16.3 Å². The van der Waals surface area contributed by atoms with Crippen LogP contribution in [0.1, 0.15) is 20.7 Å². The van der Waals surface area contributed by atoms with E-state index < -0.39 is 12.6 Å². The van der Waals surface area contributed by atoms with Gasteiger partial charge in [-0.25, -0.2) is 4.79 Å². The zero-order valence-corrected chi connectivity index (χ0v) is 12.6. The molecule has 0 saturated heterocycles. The predicted molar refractivity (Wildman–Crippen MR) is 88.3 cm³/mol. The van der Waals surface area contributed by atoms with Gasteiger partial charge in [-0.15, -0.1) is 0 Å². The fraction of sp³-hybridized carbons (Fsp3) is 0.0526. The van der Waals surface area contributed by atoms with Crippen molar-refractivity contribution in [2.24, 2.45) is 0 Å². The van der Waals surface area contributed by atoms with Gasteiger partial charge >= 0.3 is 5.97 Å². The van der Waals surface area contributed by atoms with Crippen LogP contribution in [-0.4, -0.2) is 28.6 Å². The Balaban J connectivity index is 1.82. The van der Waals surface area contributed by atoms with Gasteiger partial charge < -0.3 is 14.9 Å². The Morgan fingerprint density at radius 3 is 2.21 bits per heavy atom. The minimum Gasteiger partial charge on any atom is -0.507 e. The lowest BCUT2D eigenvalue weighted by atomic mass is 10.0. The molecule has 5 heteroatoms. The summed E-state index contributed by atoms with van der Waals surface area (Å²) in [7, 11) is 0. The molecule has 0 heterocycles. The fourth-order valence-corrected chi connectivity index (χ4v) is 2.41. The summed E-state index contributed by atoms with van der Waals surface area (Å²) < 4.78 is 4.97. The second-order valence-electron chi connectivity index (χ2n) is 5.20. The summed E-state index contributed by atoms with van der Waals surface area (Å²) in [5.41, 5.74) is 0.239. The molecular weight excluding hydrogens is 308 g/mol. The highest BCUT2D eigenvalue weighted by Crippen LogP contribution is 2.35. The highest BCUT2D eigenvalue weighted by Gasteiger charge is 2.19. The number of aromatic hydroxyl groups is 2. The Kier molecular flexibility index (Phi) is 4.16. The van der Waals surface area contributed by atoms with E-state index in [1.807, 2.05) is 0 Å². The first-order chi connectivity index (χ1) is 11.6. The van der Waals surface area contributed by atoms with E-state index in [4.69, 9.17) is 4.74 Å². The molecule has 0 bridgehead atoms. The van der Waals surface area contributed by atoms with Crippen molar-refractivity contribution >= 4 is 22.5 Å². The van der Waals surface area contributed by atoms with E-state index in [0.717, 1.165) is 6.07 Å². The van der Waals surface area contributed by atoms with Gasteiger partial charge in [-0.1, -0.05) is 54.6 Å². The molecule has 24 heavy (non-hydrogen) atoms. The number of esters is 1. The van der Waals surface area contributed by atoms with Crippen molar-refractivity contribution in [3.63, 3.8) is 0 Å². The summed E-state index contributed by atoms with van der Waals surface area (Å²) in [6, 6.07) is 16.2. The number of Topliss-reactive ketones (excluding diaryl/α,β-unsaturated/α-hetero) is 1. The van der Waals surface area contributed by atoms with Crippen LogP contribution in [0.25, 0.3) is 10.8 Å². The lowest BCUT2D eigenvalue weighted by Crippen LogP contribution is -2.14. The largest absolute Gasteiger partial charge is 0.507 e. The molecule has 0 aliphatic rings. The van der Waals surface area contributed by atoms with Gasteiger partial charge in [0.05, 0.1) is 0 Å². The van der Waals surface area contributed by atoms with E-state index in [2.05, 4.69) is 0 Å². The quantitative estimate of drug-likeness (QED) is 0.437. The van der Waals surface area contributed by atoms with Gasteiger partial charge in [-0.2, -0.15) is 0 Å². The molecule has 0 aliphatic heterocycles. The summed E-state index contributed by atoms with van der Waals surface area (Å²) >= 11 is 0. The molecule has 0 saturated carbocycles. The molecule has 3 aromatic carbocycles. The molecule has 0 spiro atoms. The maximum Gasteiger partial charge on any atom is 0.342 e. The molecule has 120 valence electrons. The molecule has 0 aromatic heterocycles. The van der Waals surface area contributed by atoms with E-state index in [1.54, 1.807) is 54.6 Å². The predicted octanol–water partition coefficient (Wildman–Crippen LogP) is 3.29. The van der Waals surface area contributed by atoms with E-state index in [9.17, 15) is 19.8 Å². The van der Waals surface area contributed by atoms with E-state index >= 15 is 0 Å². The van der Waals surface area contributed by atoms with Gasteiger partial charge in [0.15, 0.2) is 12.4 Å². The maximum atomic E-state index is 12.2. The van der Waals surface area contributed by atoms with Crippen molar-refractivity contribution in [1.29, 1.82) is 0 Å². The lowest BCUT2D eigenvalue weighted by molar-refractivity contribution is 0.0472. The molecule has 0 unspecified atom stereocenters. The van der Waals surface area contributed by atoms with Gasteiger partial charge in [0, 0.05) is 16.3 Å². The van der Waals surface area contributed by atoms with Crippen LogP contribution in [0, 0.1) is 0 Å². The minimum absolute atomic E-state index is 0.148. The fourth-order valence-electron chi connectivity index (χ4n) is 2.41. The molecule has 0 amide bonds. The number of hydrogen-bond acceptors (Lipinski definition) is 5. The standard InChI is InChI=1S/C19H14O5/c20-16-10-15(18(22)14-9-5-4-8-13(14)16)19(23)24-11-17(21)12-6-2-1-3-7-12/h1-10,20,22H,11H2. The maximum absolute atomic E-state index is 12.2. The summed E-state index contributed by atoms with van der Waals surface area (Å²) in [4.78, 5) is 24.1. The number of carbonyl (C=O) groups is 2. The van der Waals surface area contributed by atoms with Crippen LogP contribution < -0.4 is 0 Å². The van der Waals surface area contributed by atoms with Gasteiger partial charge in [0.2, 0.25) is 0 Å². The SMILES string of the molecule is O=C(COC(=O)c1cc(O)c2ccccc2c1O)c1ccccc1. The zero-order chi connectivity index (χ0) is 17.1. The van der Waals surface area contributed by atoms with Crippen molar-refractivity contribution in [2.45, 2.75) is 0 Å². The third kappa shape index (κ3) is 2.92. The van der Waals surface area contributed by atoms with E-state index in [1.165, 1.54) is 0 Å². The Hall–Kier alpha value is -3.34. The minimum atomic E-state index is -0.877. The first-order valence-electron chi connectivity index (χ1n) is 7.27. The summed E-state index contributed by atoms with van der Waals surface area (Å²) in [5.74, 6) is -1.67. The average molecular weight is 322 g/mol. The number of benzene rings is 3. The summed E-state index contributed by atoms with van der Waals surface area (Å²) in [6.07, 6.45) is 0. The number of carbonyl (C=O) groups excluding carboxylic acids is 2. The van der Waals surface area contributed by atoms with Gasteiger partial charge in [-0.3, -0.25) is 4.79 Å². The molecule has 5 nitrogen and oxygen atoms in total. The lowest BCUT2D eigenvalue weighted by Gasteiger charge is -2.10.